The molecule has 0 saturated heterocycles. The summed E-state index contributed by atoms with van der Waals surface area (Å²) in [6.07, 6.45) is 0. The van der Waals surface area contributed by atoms with Gasteiger partial charge in [-0.25, -0.2) is 0 Å². The van der Waals surface area contributed by atoms with Crippen molar-refractivity contribution in [2.45, 2.75) is 11.7 Å². The fourth-order valence-electron chi connectivity index (χ4n) is 2.36. The number of tetrazole rings is 1. The lowest BCUT2D eigenvalue weighted by molar-refractivity contribution is -0.00000525. The molecule has 0 aliphatic carbocycles. The molecular weight excluding hydrogens is 368 g/mol. The molecule has 26 heavy (non-hydrogen) atoms. The Labute approximate surface area is 164 Å². The Morgan fingerprint density at radius 3 is 2.46 bits per heavy atom. The van der Waals surface area contributed by atoms with Crippen molar-refractivity contribution in [3.8, 4) is 5.69 Å². The monoisotopic (exact) mass is 389 g/mol. The summed E-state index contributed by atoms with van der Waals surface area (Å²) >= 11 is 1.65. The first kappa shape index (κ1) is 20.2. The summed E-state index contributed by atoms with van der Waals surface area (Å²) in [6.45, 7) is 1.75. The number of nitrogens with zero attached hydrogens (tertiary/aromatic N) is 5. The quantitative estimate of drug-likeness (QED) is 0.418. The highest BCUT2D eigenvalue weighted by Crippen LogP contribution is 2.17. The van der Waals surface area contributed by atoms with Crippen LogP contribution >= 0.6 is 11.8 Å². The first-order valence-corrected chi connectivity index (χ1v) is 9.16. The molecule has 0 aliphatic rings. The zero-order valence-electron chi connectivity index (χ0n) is 14.8. The Bertz CT molecular complexity index is 776. The Kier molecular flexibility index (Phi) is 7.90. The number of hydrogen-bond acceptors (Lipinski definition) is 6. The molecule has 3 rings (SSSR count). The van der Waals surface area contributed by atoms with Crippen molar-refractivity contribution in [3.05, 3.63) is 60.2 Å². The van der Waals surface area contributed by atoms with Crippen molar-refractivity contribution >= 4 is 17.4 Å². The van der Waals surface area contributed by atoms with Crippen LogP contribution in [0.5, 0.6) is 0 Å². The van der Waals surface area contributed by atoms with Crippen LogP contribution < -0.4 is 22.6 Å². The van der Waals surface area contributed by atoms with Gasteiger partial charge in [-0.15, -0.1) is 5.10 Å². The van der Waals surface area contributed by atoms with Crippen LogP contribution in [-0.4, -0.2) is 46.6 Å². The SMILES string of the molecule is CN(C)c1ccc(CNCCSc2nnnn2-c2ccccc2)cc1.[Cl-]. The predicted molar refractivity (Wildman–Crippen MR) is 102 cm³/mol. The maximum Gasteiger partial charge on any atom is 0.214 e. The first-order chi connectivity index (χ1) is 12.2. The number of nitrogens with one attached hydrogen (secondary N) is 1. The van der Waals surface area contributed by atoms with Gasteiger partial charge in [0.15, 0.2) is 0 Å². The van der Waals surface area contributed by atoms with E-state index in [1.165, 1.54) is 11.3 Å². The zero-order chi connectivity index (χ0) is 17.5. The molecule has 3 aromatic rings. The second-order valence-electron chi connectivity index (χ2n) is 5.79. The molecule has 2 aromatic carbocycles. The molecule has 0 radical (unpaired) electrons. The molecule has 138 valence electrons. The first-order valence-electron chi connectivity index (χ1n) is 8.17. The van der Waals surface area contributed by atoms with E-state index in [0.717, 1.165) is 29.7 Å². The van der Waals surface area contributed by atoms with Crippen LogP contribution in [0, 0.1) is 0 Å². The predicted octanol–water partition coefficient (Wildman–Crippen LogP) is -0.386. The van der Waals surface area contributed by atoms with Crippen LogP contribution in [0.25, 0.3) is 5.69 Å². The van der Waals surface area contributed by atoms with E-state index in [9.17, 15) is 0 Å². The molecule has 0 spiro atoms. The topological polar surface area (TPSA) is 58.9 Å². The average Bonchev–Trinajstić information content (AvgIpc) is 3.11. The number of hydrogen-bond donors (Lipinski definition) is 1. The van der Waals surface area contributed by atoms with Gasteiger partial charge in [-0.1, -0.05) is 42.1 Å². The van der Waals surface area contributed by atoms with Crippen LogP contribution in [-0.2, 0) is 6.54 Å². The van der Waals surface area contributed by atoms with E-state index >= 15 is 0 Å². The third-order valence-corrected chi connectivity index (χ3v) is 4.65. The van der Waals surface area contributed by atoms with Gasteiger partial charge < -0.3 is 22.6 Å². The molecule has 0 bridgehead atoms. The van der Waals surface area contributed by atoms with Gasteiger partial charge in [0.1, 0.15) is 0 Å². The summed E-state index contributed by atoms with van der Waals surface area (Å²) in [5, 5.41) is 16.2. The van der Waals surface area contributed by atoms with Crippen LogP contribution in [0.15, 0.2) is 59.8 Å². The normalized spacial score (nSPS) is 10.4. The lowest BCUT2D eigenvalue weighted by Gasteiger charge is -2.12. The van der Waals surface area contributed by atoms with E-state index in [4.69, 9.17) is 0 Å². The van der Waals surface area contributed by atoms with E-state index in [2.05, 4.69) is 50.0 Å². The highest BCUT2D eigenvalue weighted by molar-refractivity contribution is 7.99. The average molecular weight is 390 g/mol. The van der Waals surface area contributed by atoms with Gasteiger partial charge in [0.05, 0.1) is 5.69 Å². The standard InChI is InChI=1S/C18H22N6S.ClH/c1-23(2)16-10-8-15(9-11-16)14-19-12-13-25-18-20-21-22-24(18)17-6-4-3-5-7-17;/h3-11,19H,12-14H2,1-2H3;1H/p-1. The highest BCUT2D eigenvalue weighted by Gasteiger charge is 2.08. The van der Waals surface area contributed by atoms with Crippen LogP contribution in [0.2, 0.25) is 0 Å². The molecule has 8 heteroatoms. The van der Waals surface area contributed by atoms with Crippen LogP contribution in [0.3, 0.4) is 0 Å². The molecule has 6 nitrogen and oxygen atoms in total. The maximum absolute atomic E-state index is 4.11. The zero-order valence-corrected chi connectivity index (χ0v) is 16.4. The van der Waals surface area contributed by atoms with Crippen molar-refractivity contribution in [1.82, 2.24) is 25.5 Å². The van der Waals surface area contributed by atoms with Gasteiger partial charge in [-0.3, -0.25) is 0 Å². The number of aromatic nitrogens is 4. The minimum atomic E-state index is 0. The summed E-state index contributed by atoms with van der Waals surface area (Å²) in [5.41, 5.74) is 3.47. The van der Waals surface area contributed by atoms with E-state index in [-0.39, 0.29) is 12.4 Å². The van der Waals surface area contributed by atoms with Crippen molar-refractivity contribution in [2.75, 3.05) is 31.3 Å². The van der Waals surface area contributed by atoms with Gasteiger partial charge in [0.2, 0.25) is 5.16 Å². The number of thioether (sulfide) groups is 1. The molecule has 0 aliphatic heterocycles. The molecule has 0 saturated carbocycles. The summed E-state index contributed by atoms with van der Waals surface area (Å²) < 4.78 is 1.77. The Morgan fingerprint density at radius 2 is 1.77 bits per heavy atom. The highest BCUT2D eigenvalue weighted by atomic mass is 35.5. The fraction of sp³-hybridized carbons (Fsp3) is 0.278. The Morgan fingerprint density at radius 1 is 1.04 bits per heavy atom. The number of rotatable bonds is 8. The Hall–Kier alpha value is -2.09. The third-order valence-electron chi connectivity index (χ3n) is 3.73. The summed E-state index contributed by atoms with van der Waals surface area (Å²) in [5.74, 6) is 0.906. The molecule has 1 N–H and O–H groups in total. The van der Waals surface area contributed by atoms with E-state index in [0.29, 0.717) is 0 Å². The van der Waals surface area contributed by atoms with Crippen LogP contribution in [0.1, 0.15) is 5.56 Å². The lowest BCUT2D eigenvalue weighted by Crippen LogP contribution is -3.00. The van der Waals surface area contributed by atoms with Crippen LogP contribution in [0.4, 0.5) is 5.69 Å². The number of para-hydroxylation sites is 1. The summed E-state index contributed by atoms with van der Waals surface area (Å²) in [6, 6.07) is 18.5. The number of halogens is 1. The smallest absolute Gasteiger partial charge is 0.214 e. The van der Waals surface area contributed by atoms with Crippen molar-refractivity contribution in [1.29, 1.82) is 0 Å². The van der Waals surface area contributed by atoms with Gasteiger partial charge >= 0.3 is 0 Å². The van der Waals surface area contributed by atoms with Gasteiger partial charge in [0.25, 0.3) is 0 Å². The van der Waals surface area contributed by atoms with E-state index < -0.39 is 0 Å². The molecule has 0 unspecified atom stereocenters. The van der Waals surface area contributed by atoms with Crippen molar-refractivity contribution in [3.63, 3.8) is 0 Å². The maximum atomic E-state index is 4.11. The summed E-state index contributed by atoms with van der Waals surface area (Å²) in [4.78, 5) is 2.10. The summed E-state index contributed by atoms with van der Waals surface area (Å²) in [7, 11) is 4.10. The minimum Gasteiger partial charge on any atom is -1.00 e. The van der Waals surface area contributed by atoms with Crippen molar-refractivity contribution < 1.29 is 12.4 Å². The number of benzene rings is 2. The largest absolute Gasteiger partial charge is 1.00 e. The Balaban J connectivity index is 0.00000243. The second kappa shape index (κ2) is 10.2. The minimum absolute atomic E-state index is 0. The molecule has 0 atom stereocenters. The fourth-order valence-corrected chi connectivity index (χ4v) is 3.15. The van der Waals surface area contributed by atoms with Gasteiger partial charge in [-0.05, 0) is 40.3 Å². The molecule has 1 aromatic heterocycles. The molecule has 1 heterocycles. The van der Waals surface area contributed by atoms with Crippen molar-refractivity contribution in [2.24, 2.45) is 0 Å². The molecular formula is C18H22ClN6S-. The molecule has 0 fully saturated rings. The van der Waals surface area contributed by atoms with Gasteiger partial charge in [-0.2, -0.15) is 4.68 Å². The van der Waals surface area contributed by atoms with E-state index in [1.807, 2.05) is 44.4 Å². The van der Waals surface area contributed by atoms with Gasteiger partial charge in [0, 0.05) is 38.6 Å². The third kappa shape index (κ3) is 5.45. The number of anilines is 1. The lowest BCUT2D eigenvalue weighted by atomic mass is 10.2. The van der Waals surface area contributed by atoms with E-state index in [1.54, 1.807) is 16.4 Å². The molecule has 0 amide bonds. The second-order valence-corrected chi connectivity index (χ2v) is 6.86.